The van der Waals surface area contributed by atoms with Crippen LogP contribution in [0.1, 0.15) is 54.8 Å². The first-order valence-corrected chi connectivity index (χ1v) is 11.5. The smallest absolute Gasteiger partial charge is 0.296 e. The highest BCUT2D eigenvalue weighted by molar-refractivity contribution is 6.46. The highest BCUT2D eigenvalue weighted by Crippen LogP contribution is 2.42. The van der Waals surface area contributed by atoms with Crippen molar-refractivity contribution in [2.45, 2.75) is 45.7 Å². The predicted molar refractivity (Wildman–Crippen MR) is 129 cm³/mol. The van der Waals surface area contributed by atoms with E-state index in [-0.39, 0.29) is 30.1 Å². The number of Topliss-reactive ketones (excluding diaryl/α,β-unsaturated/α-hetero) is 1. The quantitative estimate of drug-likeness (QED) is 0.317. The van der Waals surface area contributed by atoms with E-state index >= 15 is 0 Å². The van der Waals surface area contributed by atoms with Gasteiger partial charge in [0, 0.05) is 12.1 Å². The van der Waals surface area contributed by atoms with Crippen molar-refractivity contribution in [2.75, 3.05) is 6.79 Å². The second-order valence-corrected chi connectivity index (χ2v) is 9.91. The zero-order valence-electron chi connectivity index (χ0n) is 20.1. The van der Waals surface area contributed by atoms with Gasteiger partial charge in [0.15, 0.2) is 11.5 Å². The molecule has 1 atom stereocenters. The summed E-state index contributed by atoms with van der Waals surface area (Å²) < 4.78 is 16.5. The molecule has 1 saturated heterocycles. The van der Waals surface area contributed by atoms with Crippen molar-refractivity contribution in [1.82, 2.24) is 4.90 Å². The number of carbonyl (C=O) groups excluding carboxylic acids is 2. The van der Waals surface area contributed by atoms with Crippen molar-refractivity contribution < 1.29 is 28.6 Å². The van der Waals surface area contributed by atoms with Crippen molar-refractivity contribution >= 4 is 17.4 Å². The zero-order chi connectivity index (χ0) is 24.9. The fourth-order valence-corrected chi connectivity index (χ4v) is 4.51. The SMILES string of the molecule is Cc1ccc(C(C)(C)C)cc1/C(O)=C1\C(=O)C(=O)N(Cc2ccc3c(c2)OCO3)C1c1ccco1. The number of aryl methyl sites for hydroxylation is 1. The Morgan fingerprint density at radius 3 is 2.54 bits per heavy atom. The molecule has 5 rings (SSSR count). The third-order valence-corrected chi connectivity index (χ3v) is 6.50. The molecule has 0 radical (unpaired) electrons. The van der Waals surface area contributed by atoms with Crippen LogP contribution in [-0.4, -0.2) is 28.5 Å². The molecule has 0 saturated carbocycles. The van der Waals surface area contributed by atoms with E-state index in [0.29, 0.717) is 22.8 Å². The number of amides is 1. The van der Waals surface area contributed by atoms with E-state index in [1.807, 2.05) is 31.2 Å². The molecule has 3 heterocycles. The summed E-state index contributed by atoms with van der Waals surface area (Å²) in [6.45, 7) is 8.37. The minimum absolute atomic E-state index is 0.0138. The number of ether oxygens (including phenoxy) is 2. The van der Waals surface area contributed by atoms with Crippen LogP contribution < -0.4 is 9.47 Å². The Kier molecular flexibility index (Phi) is 5.43. The summed E-state index contributed by atoms with van der Waals surface area (Å²) in [5.41, 5.74) is 2.95. The summed E-state index contributed by atoms with van der Waals surface area (Å²) in [5.74, 6) is -0.0334. The van der Waals surface area contributed by atoms with E-state index in [1.165, 1.54) is 11.2 Å². The van der Waals surface area contributed by atoms with Gasteiger partial charge in [-0.05, 0) is 59.4 Å². The Labute approximate surface area is 203 Å². The normalized spacial score (nSPS) is 19.0. The van der Waals surface area contributed by atoms with Gasteiger partial charge in [0.1, 0.15) is 17.6 Å². The van der Waals surface area contributed by atoms with Crippen LogP contribution >= 0.6 is 0 Å². The summed E-state index contributed by atoms with van der Waals surface area (Å²) in [5, 5.41) is 11.5. The highest BCUT2D eigenvalue weighted by Gasteiger charge is 2.47. The molecule has 2 aliphatic rings. The molecule has 1 aromatic heterocycles. The van der Waals surface area contributed by atoms with Gasteiger partial charge in [0.2, 0.25) is 6.79 Å². The molecular weight excluding hydrogens is 446 g/mol. The standard InChI is InChI=1S/C28H27NO6/c1-16-7-9-18(28(2,3)4)13-19(16)25(30)23-24(21-6-5-11-33-21)29(27(32)26(23)31)14-17-8-10-20-22(12-17)35-15-34-20/h5-13,24,30H,14-15H2,1-4H3/b25-23+. The van der Waals surface area contributed by atoms with Gasteiger partial charge in [-0.3, -0.25) is 9.59 Å². The van der Waals surface area contributed by atoms with E-state index in [2.05, 4.69) is 20.8 Å². The Morgan fingerprint density at radius 1 is 1.06 bits per heavy atom. The number of furan rings is 1. The molecular formula is C28H27NO6. The number of rotatable bonds is 4. The number of carbonyl (C=O) groups is 2. The van der Waals surface area contributed by atoms with Crippen molar-refractivity contribution in [2.24, 2.45) is 0 Å². The average Bonchev–Trinajstić information content (AvgIpc) is 3.55. The van der Waals surface area contributed by atoms with Crippen LogP contribution in [0, 0.1) is 6.92 Å². The molecule has 2 aromatic carbocycles. The molecule has 7 nitrogen and oxygen atoms in total. The molecule has 1 fully saturated rings. The zero-order valence-corrected chi connectivity index (χ0v) is 20.1. The first-order chi connectivity index (χ1) is 16.6. The number of aliphatic hydroxyl groups excluding tert-OH is 1. The van der Waals surface area contributed by atoms with Crippen LogP contribution in [0.25, 0.3) is 5.76 Å². The Balaban J connectivity index is 1.61. The molecule has 0 bridgehead atoms. The molecule has 1 amide bonds. The lowest BCUT2D eigenvalue weighted by Gasteiger charge is -2.24. The maximum Gasteiger partial charge on any atom is 0.296 e. The maximum absolute atomic E-state index is 13.3. The summed E-state index contributed by atoms with van der Waals surface area (Å²) in [7, 11) is 0. The molecule has 1 N–H and O–H groups in total. The first kappa shape index (κ1) is 22.8. The van der Waals surface area contributed by atoms with Crippen LogP contribution in [0.5, 0.6) is 11.5 Å². The monoisotopic (exact) mass is 473 g/mol. The molecule has 0 aliphatic carbocycles. The fourth-order valence-electron chi connectivity index (χ4n) is 4.51. The van der Waals surface area contributed by atoms with Crippen LogP contribution in [0.15, 0.2) is 64.8 Å². The molecule has 3 aromatic rings. The largest absolute Gasteiger partial charge is 0.507 e. The Hall–Kier alpha value is -4.00. The van der Waals surface area contributed by atoms with Crippen LogP contribution in [-0.2, 0) is 21.5 Å². The van der Waals surface area contributed by atoms with Gasteiger partial charge in [0.05, 0.1) is 11.8 Å². The number of nitrogens with zero attached hydrogens (tertiary/aromatic N) is 1. The number of hydrogen-bond donors (Lipinski definition) is 1. The topological polar surface area (TPSA) is 89.2 Å². The Bertz CT molecular complexity index is 1350. The number of fused-ring (bicyclic) bond motifs is 1. The summed E-state index contributed by atoms with van der Waals surface area (Å²) in [6.07, 6.45) is 1.49. The van der Waals surface area contributed by atoms with Crippen molar-refractivity contribution in [1.29, 1.82) is 0 Å². The van der Waals surface area contributed by atoms with E-state index in [4.69, 9.17) is 13.9 Å². The van der Waals surface area contributed by atoms with Crippen molar-refractivity contribution in [3.63, 3.8) is 0 Å². The van der Waals surface area contributed by atoms with E-state index in [0.717, 1.165) is 16.7 Å². The molecule has 180 valence electrons. The minimum atomic E-state index is -0.867. The van der Waals surface area contributed by atoms with Gasteiger partial charge in [-0.15, -0.1) is 0 Å². The molecule has 7 heteroatoms. The predicted octanol–water partition coefficient (Wildman–Crippen LogP) is 5.24. The summed E-state index contributed by atoms with van der Waals surface area (Å²) >= 11 is 0. The number of aliphatic hydroxyl groups is 1. The van der Waals surface area contributed by atoms with Gasteiger partial charge in [0.25, 0.3) is 11.7 Å². The molecule has 2 aliphatic heterocycles. The first-order valence-electron chi connectivity index (χ1n) is 11.5. The van der Waals surface area contributed by atoms with Crippen molar-refractivity contribution in [3.05, 3.63) is 88.4 Å². The average molecular weight is 474 g/mol. The Morgan fingerprint density at radius 2 is 1.83 bits per heavy atom. The van der Waals surface area contributed by atoms with Gasteiger partial charge >= 0.3 is 0 Å². The second kappa shape index (κ2) is 8.34. The minimum Gasteiger partial charge on any atom is -0.507 e. The summed E-state index contributed by atoms with van der Waals surface area (Å²) in [6, 6.07) is 13.7. The van der Waals surface area contributed by atoms with E-state index in [1.54, 1.807) is 24.3 Å². The van der Waals surface area contributed by atoms with E-state index in [9.17, 15) is 14.7 Å². The number of likely N-dealkylation sites (tertiary alicyclic amines) is 1. The third kappa shape index (κ3) is 3.97. The number of hydrogen-bond acceptors (Lipinski definition) is 6. The van der Waals surface area contributed by atoms with Crippen molar-refractivity contribution in [3.8, 4) is 11.5 Å². The van der Waals surface area contributed by atoms with Gasteiger partial charge < -0.3 is 23.9 Å². The highest BCUT2D eigenvalue weighted by atomic mass is 16.7. The van der Waals surface area contributed by atoms with Gasteiger partial charge in [-0.25, -0.2) is 0 Å². The van der Waals surface area contributed by atoms with Crippen LogP contribution in [0.2, 0.25) is 0 Å². The molecule has 1 unspecified atom stereocenters. The third-order valence-electron chi connectivity index (χ3n) is 6.50. The lowest BCUT2D eigenvalue weighted by atomic mass is 9.84. The fraction of sp³-hybridized carbons (Fsp3) is 0.286. The molecule has 35 heavy (non-hydrogen) atoms. The number of ketones is 1. The second-order valence-electron chi connectivity index (χ2n) is 9.91. The van der Waals surface area contributed by atoms with Gasteiger partial charge in [-0.1, -0.05) is 39.0 Å². The van der Waals surface area contributed by atoms with Gasteiger partial charge in [-0.2, -0.15) is 0 Å². The van der Waals surface area contributed by atoms with Crippen LogP contribution in [0.4, 0.5) is 0 Å². The van der Waals surface area contributed by atoms with Crippen LogP contribution in [0.3, 0.4) is 0 Å². The maximum atomic E-state index is 13.3. The lowest BCUT2D eigenvalue weighted by Crippen LogP contribution is -2.29. The lowest BCUT2D eigenvalue weighted by molar-refractivity contribution is -0.140. The number of benzene rings is 2. The molecule has 0 spiro atoms. The van der Waals surface area contributed by atoms with E-state index < -0.39 is 17.7 Å². The summed E-state index contributed by atoms with van der Waals surface area (Å²) in [4.78, 5) is 28.0.